The van der Waals surface area contributed by atoms with E-state index in [1.54, 1.807) is 0 Å². The third-order valence-corrected chi connectivity index (χ3v) is 7.28. The predicted molar refractivity (Wildman–Crippen MR) is 120 cm³/mol. The maximum absolute atomic E-state index is 5.96. The summed E-state index contributed by atoms with van der Waals surface area (Å²) >= 11 is 0. The van der Waals surface area contributed by atoms with Gasteiger partial charge in [0.25, 0.3) is 0 Å². The highest BCUT2D eigenvalue weighted by Gasteiger charge is 2.41. The third kappa shape index (κ3) is 3.44. The van der Waals surface area contributed by atoms with E-state index in [0.717, 1.165) is 74.7 Å². The van der Waals surface area contributed by atoms with Gasteiger partial charge in [-0.15, -0.1) is 0 Å². The average Bonchev–Trinajstić information content (AvgIpc) is 3.59. The minimum Gasteiger partial charge on any atom is -0.449 e. The molecule has 2 atom stereocenters. The van der Waals surface area contributed by atoms with Crippen LogP contribution < -0.4 is 9.47 Å². The van der Waals surface area contributed by atoms with Gasteiger partial charge in [-0.2, -0.15) is 0 Å². The summed E-state index contributed by atoms with van der Waals surface area (Å²) in [6.07, 6.45) is 7.07. The van der Waals surface area contributed by atoms with Crippen LogP contribution in [-0.4, -0.2) is 25.4 Å². The first kappa shape index (κ1) is 19.6. The van der Waals surface area contributed by atoms with Crippen LogP contribution >= 0.6 is 0 Å². The molecule has 0 amide bonds. The Morgan fingerprint density at radius 3 is 1.52 bits per heavy atom. The zero-order chi connectivity index (χ0) is 21.3. The number of epoxide rings is 2. The fourth-order valence-electron chi connectivity index (χ4n) is 5.41. The van der Waals surface area contributed by atoms with E-state index in [9.17, 15) is 0 Å². The number of benzene rings is 2. The third-order valence-electron chi connectivity index (χ3n) is 7.28. The van der Waals surface area contributed by atoms with E-state index in [1.807, 2.05) is 0 Å². The molecule has 31 heavy (non-hydrogen) atoms. The highest BCUT2D eigenvalue weighted by molar-refractivity contribution is 5.70. The molecule has 2 saturated heterocycles. The van der Waals surface area contributed by atoms with Crippen LogP contribution in [-0.2, 0) is 40.6 Å². The van der Waals surface area contributed by atoms with Gasteiger partial charge in [0.05, 0.1) is 25.4 Å². The normalized spacial score (nSPS) is 21.7. The Kier molecular flexibility index (Phi) is 4.42. The molecular weight excluding hydrogens is 388 g/mol. The molecule has 4 aliphatic rings. The molecule has 4 nitrogen and oxygen atoms in total. The summed E-state index contributed by atoms with van der Waals surface area (Å²) in [7, 11) is 0. The minimum atomic E-state index is -0.130. The number of hydrogen-bond donors (Lipinski definition) is 0. The smallest absolute Gasteiger partial charge is 0.173 e. The fourth-order valence-corrected chi connectivity index (χ4v) is 5.41. The number of hydrogen-bond acceptors (Lipinski definition) is 4. The van der Waals surface area contributed by atoms with E-state index < -0.39 is 0 Å². The van der Waals surface area contributed by atoms with E-state index in [-0.39, 0.29) is 5.41 Å². The largest absolute Gasteiger partial charge is 0.449 e. The van der Waals surface area contributed by atoms with Gasteiger partial charge in [0.1, 0.15) is 0 Å². The molecule has 0 spiro atoms. The van der Waals surface area contributed by atoms with Crippen LogP contribution in [0.15, 0.2) is 12.1 Å². The maximum atomic E-state index is 5.96. The molecule has 0 radical (unpaired) electrons. The molecule has 0 aromatic heterocycles. The molecule has 164 valence electrons. The van der Waals surface area contributed by atoms with Crippen molar-refractivity contribution < 1.29 is 18.9 Å². The van der Waals surface area contributed by atoms with Gasteiger partial charge in [-0.05, 0) is 47.2 Å². The predicted octanol–water partition coefficient (Wildman–Crippen LogP) is 6.01. The van der Waals surface area contributed by atoms with Crippen molar-refractivity contribution in [1.29, 1.82) is 0 Å². The highest BCUT2D eigenvalue weighted by atomic mass is 16.6. The van der Waals surface area contributed by atoms with Crippen molar-refractivity contribution >= 4 is 0 Å². The van der Waals surface area contributed by atoms with Crippen LogP contribution in [0.4, 0.5) is 0 Å². The summed E-state index contributed by atoms with van der Waals surface area (Å²) in [5, 5.41) is 0. The number of ether oxygens (including phenoxy) is 4. The van der Waals surface area contributed by atoms with E-state index >= 15 is 0 Å². The van der Waals surface area contributed by atoms with Gasteiger partial charge in [-0.1, -0.05) is 40.5 Å². The van der Waals surface area contributed by atoms with Crippen LogP contribution in [0.1, 0.15) is 73.9 Å². The van der Waals surface area contributed by atoms with Crippen molar-refractivity contribution in [3.63, 3.8) is 0 Å². The van der Waals surface area contributed by atoms with E-state index in [1.165, 1.54) is 33.4 Å². The van der Waals surface area contributed by atoms with Crippen LogP contribution in [0.25, 0.3) is 0 Å². The van der Waals surface area contributed by atoms with E-state index in [2.05, 4.69) is 39.8 Å². The second-order valence-corrected chi connectivity index (χ2v) is 10.1. The van der Waals surface area contributed by atoms with Crippen molar-refractivity contribution in [3.05, 3.63) is 45.5 Å². The summed E-state index contributed by atoms with van der Waals surface area (Å²) in [5.74, 6) is 4.35. The lowest BCUT2D eigenvalue weighted by atomic mass is 9.71. The molecule has 2 aromatic rings. The quantitative estimate of drug-likeness (QED) is 0.295. The van der Waals surface area contributed by atoms with Gasteiger partial charge in [0, 0.05) is 29.4 Å². The summed E-state index contributed by atoms with van der Waals surface area (Å²) in [4.78, 5) is 0. The first-order chi connectivity index (χ1) is 15.0. The van der Waals surface area contributed by atoms with E-state index in [4.69, 9.17) is 18.9 Å². The summed E-state index contributed by atoms with van der Waals surface area (Å²) in [6, 6.07) is 4.62. The van der Waals surface area contributed by atoms with Gasteiger partial charge < -0.3 is 18.9 Å². The summed E-state index contributed by atoms with van der Waals surface area (Å²) in [5.41, 5.74) is 8.41. The molecule has 4 heteroatoms. The van der Waals surface area contributed by atoms with Gasteiger partial charge in [0.2, 0.25) is 0 Å². The number of fused-ring (bicyclic) bond motifs is 2. The second-order valence-electron chi connectivity index (χ2n) is 10.1. The monoisotopic (exact) mass is 420 g/mol. The van der Waals surface area contributed by atoms with Crippen molar-refractivity contribution in [3.8, 4) is 23.0 Å². The molecule has 2 fully saturated rings. The molecule has 6 rings (SSSR count). The average molecular weight is 421 g/mol. The Balaban J connectivity index is 1.48. The van der Waals surface area contributed by atoms with Crippen LogP contribution in [0.5, 0.6) is 23.0 Å². The molecule has 2 unspecified atom stereocenters. The van der Waals surface area contributed by atoms with Crippen molar-refractivity contribution in [2.75, 3.05) is 13.2 Å². The van der Waals surface area contributed by atoms with Crippen LogP contribution in [0.2, 0.25) is 0 Å². The van der Waals surface area contributed by atoms with Gasteiger partial charge in [-0.3, -0.25) is 0 Å². The summed E-state index contributed by atoms with van der Waals surface area (Å²) < 4.78 is 23.1. The Bertz CT molecular complexity index is 976. The highest BCUT2D eigenvalue weighted by Crippen LogP contribution is 2.57. The Morgan fingerprint density at radius 1 is 0.742 bits per heavy atom. The maximum Gasteiger partial charge on any atom is 0.173 e. The molecular formula is C27H32O4. The zero-order valence-corrected chi connectivity index (χ0v) is 19.1. The standard InChI is InChI=1S/C27H32O4/c1-5-7-17-19(9-15-13-28-15)25-23(30-25)11-21(17)27(3,4)22-12-24-26(31-24)20(10-16-14-29-16)18(22)8-6-2/h11-12,15-16H,5-10,13-14H2,1-4H3. The fraction of sp³-hybridized carbons (Fsp3) is 0.556. The molecule has 0 bridgehead atoms. The molecule has 0 N–H and O–H groups in total. The molecule has 4 heterocycles. The van der Waals surface area contributed by atoms with E-state index in [0.29, 0.717) is 12.2 Å². The van der Waals surface area contributed by atoms with Crippen molar-refractivity contribution in [2.24, 2.45) is 0 Å². The molecule has 2 aromatic carbocycles. The minimum absolute atomic E-state index is 0.130. The topological polar surface area (TPSA) is 50.1 Å². The molecule has 0 aliphatic carbocycles. The van der Waals surface area contributed by atoms with Gasteiger partial charge in [-0.25, -0.2) is 0 Å². The van der Waals surface area contributed by atoms with Gasteiger partial charge in [0.15, 0.2) is 23.0 Å². The Morgan fingerprint density at radius 2 is 1.16 bits per heavy atom. The second kappa shape index (κ2) is 6.98. The van der Waals surface area contributed by atoms with Crippen LogP contribution in [0, 0.1) is 0 Å². The summed E-state index contributed by atoms with van der Waals surface area (Å²) in [6.45, 7) is 11.1. The molecule has 4 aliphatic heterocycles. The first-order valence-corrected chi connectivity index (χ1v) is 12.0. The van der Waals surface area contributed by atoms with Gasteiger partial charge >= 0.3 is 0 Å². The lowest BCUT2D eigenvalue weighted by Gasteiger charge is -2.31. The van der Waals surface area contributed by atoms with Crippen molar-refractivity contribution in [1.82, 2.24) is 0 Å². The zero-order valence-electron chi connectivity index (χ0n) is 19.1. The lowest BCUT2D eigenvalue weighted by molar-refractivity contribution is 0.406. The Labute approximate surface area is 184 Å². The van der Waals surface area contributed by atoms with Crippen molar-refractivity contribution in [2.45, 2.75) is 83.8 Å². The first-order valence-electron chi connectivity index (χ1n) is 12.0. The van der Waals surface area contributed by atoms with Crippen LogP contribution in [0.3, 0.4) is 0 Å². The Hall–Kier alpha value is -2.04. The lowest BCUT2D eigenvalue weighted by Crippen LogP contribution is -2.24. The number of rotatable bonds is 10. The molecule has 0 saturated carbocycles. The SMILES string of the molecule is CCCc1c(C(C)(C)c2cc3c(c(CC4CO4)c2CCC)O3)cc2c(c1CC1CO1)O2.